The lowest BCUT2D eigenvalue weighted by atomic mass is 9.85. The van der Waals surface area contributed by atoms with Crippen LogP contribution in [0.1, 0.15) is 71.1 Å². The summed E-state index contributed by atoms with van der Waals surface area (Å²) >= 11 is 0. The number of carbonyl (C=O) groups excluding carboxylic acids is 2. The normalized spacial score (nSPS) is 14.7. The van der Waals surface area contributed by atoms with Crippen molar-refractivity contribution in [3.63, 3.8) is 0 Å². The molecule has 0 unspecified atom stereocenters. The van der Waals surface area contributed by atoms with Crippen LogP contribution in [0.25, 0.3) is 0 Å². The van der Waals surface area contributed by atoms with Crippen molar-refractivity contribution in [2.45, 2.75) is 96.6 Å². The molecule has 0 bridgehead atoms. The molecule has 0 spiro atoms. The van der Waals surface area contributed by atoms with Gasteiger partial charge in [0, 0.05) is 49.9 Å². The third kappa shape index (κ3) is 7.14. The number of rotatable bonds is 11. The third-order valence-corrected chi connectivity index (χ3v) is 15.5. The molecule has 1 saturated heterocycles. The molecule has 3 rings (SSSR count). The maximum absolute atomic E-state index is 14.5. The number of nitrogens with zero attached hydrogens (tertiary/aromatic N) is 1. The number of nitrogens with one attached hydrogen (secondary N) is 1. The van der Waals surface area contributed by atoms with Gasteiger partial charge in [-0.25, -0.2) is 0 Å². The predicted molar refractivity (Wildman–Crippen MR) is 178 cm³/mol. The molecule has 0 radical (unpaired) electrons. The number of hydrogen-bond acceptors (Lipinski definition) is 6. The molecule has 2 amide bonds. The van der Waals surface area contributed by atoms with Crippen molar-refractivity contribution in [3.8, 4) is 23.0 Å². The minimum atomic E-state index is -2.25. The van der Waals surface area contributed by atoms with Crippen molar-refractivity contribution in [1.29, 1.82) is 0 Å². The highest BCUT2D eigenvalue weighted by Gasteiger charge is 2.49. The molecule has 0 atom stereocenters. The number of anilines is 1. The van der Waals surface area contributed by atoms with Crippen LogP contribution >= 0.6 is 0 Å². The second-order valence-corrected chi connectivity index (χ2v) is 18.2. The fraction of sp³-hybridized carbons (Fsp3) is 0.543. The molecular weight excluding hydrogens is 572 g/mol. The van der Waals surface area contributed by atoms with Crippen molar-refractivity contribution < 1.29 is 28.9 Å². The van der Waals surface area contributed by atoms with Crippen molar-refractivity contribution in [1.82, 2.24) is 5.32 Å². The minimum Gasteiger partial charge on any atom is -0.497 e. The molecule has 1 aliphatic rings. The number of aliphatic hydroxyl groups excluding tert-OH is 1. The lowest BCUT2D eigenvalue weighted by Gasteiger charge is -2.44. The first-order chi connectivity index (χ1) is 20.9. The molecule has 0 aliphatic carbocycles. The van der Waals surface area contributed by atoms with E-state index in [4.69, 9.17) is 14.2 Å². The molecule has 1 fully saturated rings. The summed E-state index contributed by atoms with van der Waals surface area (Å²) in [6, 6.07) is 10.9. The van der Waals surface area contributed by atoms with Crippen molar-refractivity contribution >= 4 is 25.6 Å². The Balaban J connectivity index is 2.17. The summed E-state index contributed by atoms with van der Waals surface area (Å²) in [4.78, 5) is 30.5. The standard InChI is InChI=1S/C35H50N2O6Si/c1-24(2)44(25(3)4,26(5)6)19-14-33(39)37(31-20-28(23-38)11-10-27(31)7)35(15-17-43-18-16-35)34(40)36-22-29-12-13-30(41-8)21-32(29)42-9/h10-13,20-21,24-26,38H,15-18,22-23H2,1-9H3,(H,36,40). The quantitative estimate of drug-likeness (QED) is 0.238. The lowest BCUT2D eigenvalue weighted by Crippen LogP contribution is -2.63. The summed E-state index contributed by atoms with van der Waals surface area (Å²) in [5.74, 6) is 3.63. The van der Waals surface area contributed by atoms with Crippen LogP contribution in [-0.4, -0.2) is 58.0 Å². The molecular formula is C35H50N2O6Si. The number of methoxy groups -OCH3 is 2. The van der Waals surface area contributed by atoms with Crippen LogP contribution < -0.4 is 19.7 Å². The van der Waals surface area contributed by atoms with E-state index >= 15 is 0 Å². The van der Waals surface area contributed by atoms with E-state index in [-0.39, 0.29) is 19.1 Å². The van der Waals surface area contributed by atoms with E-state index in [0.29, 0.717) is 65.4 Å². The average Bonchev–Trinajstić information content (AvgIpc) is 3.00. The van der Waals surface area contributed by atoms with Gasteiger partial charge in [-0.2, -0.15) is 0 Å². The Hall–Kier alpha value is -3.32. The molecule has 0 saturated carbocycles. The van der Waals surface area contributed by atoms with E-state index in [9.17, 15) is 14.7 Å². The Labute approximate surface area is 264 Å². The van der Waals surface area contributed by atoms with E-state index in [0.717, 1.165) is 11.1 Å². The van der Waals surface area contributed by atoms with Crippen LogP contribution in [0.4, 0.5) is 5.69 Å². The highest BCUT2D eigenvalue weighted by Crippen LogP contribution is 2.41. The van der Waals surface area contributed by atoms with Gasteiger partial charge >= 0.3 is 5.91 Å². The number of carbonyl (C=O) groups is 2. The number of amides is 2. The summed E-state index contributed by atoms with van der Waals surface area (Å²) in [6.45, 7) is 15.8. The molecule has 2 N–H and O–H groups in total. The van der Waals surface area contributed by atoms with Gasteiger partial charge in [0.2, 0.25) is 5.91 Å². The number of aliphatic hydroxyl groups is 1. The zero-order valence-corrected chi connectivity index (χ0v) is 28.9. The fourth-order valence-corrected chi connectivity index (χ4v) is 12.0. The first-order valence-corrected chi connectivity index (χ1v) is 17.8. The van der Waals surface area contributed by atoms with Crippen LogP contribution in [-0.2, 0) is 27.5 Å². The molecule has 44 heavy (non-hydrogen) atoms. The lowest BCUT2D eigenvalue weighted by molar-refractivity contribution is -0.133. The molecule has 240 valence electrons. The topological polar surface area (TPSA) is 97.3 Å². The second-order valence-electron chi connectivity index (χ2n) is 12.6. The minimum absolute atomic E-state index is 0.190. The van der Waals surface area contributed by atoms with Gasteiger partial charge in [-0.1, -0.05) is 53.7 Å². The number of hydrogen-bond donors (Lipinski definition) is 2. The SMILES string of the molecule is COc1ccc(CNC(=O)C2(N(C(=O)C#C[Si](C(C)C)(C(C)C)C(C)C)c3cc(CO)ccc3C)CCOCC2)c(OC)c1. The van der Waals surface area contributed by atoms with Gasteiger partial charge < -0.3 is 24.6 Å². The van der Waals surface area contributed by atoms with Crippen molar-refractivity contribution in [3.05, 3.63) is 53.1 Å². The Bertz CT molecular complexity index is 1350. The maximum atomic E-state index is 14.5. The molecule has 0 aromatic heterocycles. The van der Waals surface area contributed by atoms with E-state index in [2.05, 4.69) is 58.3 Å². The summed E-state index contributed by atoms with van der Waals surface area (Å²) in [5.41, 5.74) is 6.16. The van der Waals surface area contributed by atoms with Gasteiger partial charge in [0.05, 0.1) is 20.8 Å². The van der Waals surface area contributed by atoms with Gasteiger partial charge in [0.15, 0.2) is 0 Å². The van der Waals surface area contributed by atoms with Gasteiger partial charge in [-0.3, -0.25) is 14.5 Å². The van der Waals surface area contributed by atoms with Crippen molar-refractivity contribution in [2.24, 2.45) is 0 Å². The van der Waals surface area contributed by atoms with E-state index in [1.54, 1.807) is 31.3 Å². The Morgan fingerprint density at radius 1 is 1.00 bits per heavy atom. The molecule has 1 heterocycles. The van der Waals surface area contributed by atoms with Gasteiger partial charge in [0.25, 0.3) is 0 Å². The van der Waals surface area contributed by atoms with E-state index < -0.39 is 19.5 Å². The number of aryl methyl sites for hydroxylation is 1. The first kappa shape index (κ1) is 35.2. The zero-order valence-electron chi connectivity index (χ0n) is 27.9. The molecule has 2 aromatic rings. The molecule has 9 heteroatoms. The summed E-state index contributed by atoms with van der Waals surface area (Å²) in [5, 5.41) is 13.1. The largest absolute Gasteiger partial charge is 0.497 e. The smallest absolute Gasteiger partial charge is 0.303 e. The third-order valence-electron chi connectivity index (χ3n) is 9.26. The predicted octanol–water partition coefficient (Wildman–Crippen LogP) is 5.92. The van der Waals surface area contributed by atoms with Gasteiger partial charge in [-0.15, -0.1) is 5.54 Å². The highest BCUT2D eigenvalue weighted by atomic mass is 28.3. The van der Waals surface area contributed by atoms with Gasteiger partial charge in [0.1, 0.15) is 25.1 Å². The average molecular weight is 623 g/mol. The highest BCUT2D eigenvalue weighted by molar-refractivity contribution is 6.90. The molecule has 1 aliphatic heterocycles. The van der Waals surface area contributed by atoms with E-state index in [1.807, 2.05) is 31.2 Å². The molecule has 2 aromatic carbocycles. The number of benzene rings is 2. The van der Waals surface area contributed by atoms with Gasteiger partial charge in [-0.05, 0) is 58.8 Å². The Morgan fingerprint density at radius 3 is 2.18 bits per heavy atom. The monoisotopic (exact) mass is 622 g/mol. The van der Waals surface area contributed by atoms with Crippen LogP contribution in [0.3, 0.4) is 0 Å². The Kier molecular flexibility index (Phi) is 12.1. The van der Waals surface area contributed by atoms with E-state index in [1.165, 1.54) is 0 Å². The van der Waals surface area contributed by atoms with Crippen LogP contribution in [0.15, 0.2) is 36.4 Å². The van der Waals surface area contributed by atoms with Crippen LogP contribution in [0.5, 0.6) is 11.5 Å². The first-order valence-electron chi connectivity index (χ1n) is 15.5. The summed E-state index contributed by atoms with van der Waals surface area (Å²) < 4.78 is 16.6. The summed E-state index contributed by atoms with van der Waals surface area (Å²) in [6.07, 6.45) is 0.603. The zero-order chi connectivity index (χ0) is 32.7. The van der Waals surface area contributed by atoms with Crippen LogP contribution in [0.2, 0.25) is 16.6 Å². The summed E-state index contributed by atoms with van der Waals surface area (Å²) in [7, 11) is 0.916. The number of ether oxygens (including phenoxy) is 3. The Morgan fingerprint density at radius 2 is 1.64 bits per heavy atom. The molecule has 8 nitrogen and oxygen atoms in total. The van der Waals surface area contributed by atoms with Crippen molar-refractivity contribution in [2.75, 3.05) is 32.3 Å². The maximum Gasteiger partial charge on any atom is 0.303 e. The second kappa shape index (κ2) is 15.1. The van der Waals surface area contributed by atoms with Crippen LogP contribution in [0, 0.1) is 18.4 Å². The fourth-order valence-electron chi connectivity index (χ4n) is 6.78.